The van der Waals surface area contributed by atoms with Crippen molar-refractivity contribution in [2.75, 3.05) is 5.32 Å². The third-order valence-electron chi connectivity index (χ3n) is 4.68. The molecule has 0 aliphatic heterocycles. The fourth-order valence-electron chi connectivity index (χ4n) is 3.35. The molecule has 2 N–H and O–H groups in total. The lowest BCUT2D eigenvalue weighted by Gasteiger charge is -2.27. The molecule has 0 saturated carbocycles. The van der Waals surface area contributed by atoms with Gasteiger partial charge < -0.3 is 14.8 Å². The van der Waals surface area contributed by atoms with Gasteiger partial charge in [-0.3, -0.25) is 0 Å². The van der Waals surface area contributed by atoms with Crippen LogP contribution in [0.4, 0.5) is 5.69 Å². The fraction of sp³-hybridized carbons (Fsp3) is 0.292. The lowest BCUT2D eigenvalue weighted by atomic mass is 9.85. The molecule has 4 heteroatoms. The van der Waals surface area contributed by atoms with E-state index in [2.05, 4.69) is 32.2 Å². The van der Waals surface area contributed by atoms with Gasteiger partial charge in [-0.05, 0) is 49.1 Å². The normalized spacial score (nSPS) is 12.6. The van der Waals surface area contributed by atoms with Crippen molar-refractivity contribution in [1.82, 2.24) is 0 Å². The van der Waals surface area contributed by atoms with Crippen LogP contribution >= 0.6 is 0 Å². The Morgan fingerprint density at radius 2 is 1.71 bits per heavy atom. The smallest absolute Gasteiger partial charge is 0.335 e. The van der Waals surface area contributed by atoms with Crippen LogP contribution in [0.3, 0.4) is 0 Å². The van der Waals surface area contributed by atoms with Gasteiger partial charge >= 0.3 is 5.97 Å². The molecule has 1 heterocycles. The minimum atomic E-state index is -0.920. The van der Waals surface area contributed by atoms with Crippen molar-refractivity contribution < 1.29 is 14.3 Å². The highest BCUT2D eigenvalue weighted by Gasteiger charge is 2.24. The first kappa shape index (κ1) is 19.7. The summed E-state index contributed by atoms with van der Waals surface area (Å²) in [6, 6.07) is 19.1. The van der Waals surface area contributed by atoms with Crippen LogP contribution in [0.5, 0.6) is 0 Å². The number of nitrogens with one attached hydrogen (secondary N) is 1. The lowest BCUT2D eigenvalue weighted by Crippen LogP contribution is -2.19. The van der Waals surface area contributed by atoms with E-state index < -0.39 is 5.97 Å². The van der Waals surface area contributed by atoms with Gasteiger partial charge in [-0.15, -0.1) is 0 Å². The van der Waals surface area contributed by atoms with Crippen LogP contribution in [0, 0.1) is 12.3 Å². The van der Waals surface area contributed by atoms with E-state index in [1.807, 2.05) is 49.4 Å². The van der Waals surface area contributed by atoms with Gasteiger partial charge in [0.25, 0.3) is 0 Å². The predicted molar refractivity (Wildman–Crippen MR) is 113 cm³/mol. The molecule has 1 aromatic heterocycles. The molecular formula is C24H27NO3. The lowest BCUT2D eigenvalue weighted by molar-refractivity contribution is 0.0697. The molecule has 0 saturated heterocycles. The summed E-state index contributed by atoms with van der Waals surface area (Å²) < 4.78 is 6.07. The standard InChI is InChI=1S/C24H27NO3/c1-16-20(14-22(28-16)17-8-6-5-7-9-17)21(15-24(2,3)4)25-19-12-10-18(11-13-19)23(26)27/h5-14,21,25H,15H2,1-4H3,(H,26,27). The molecule has 0 amide bonds. The quantitative estimate of drug-likeness (QED) is 0.512. The molecule has 146 valence electrons. The second-order valence-corrected chi connectivity index (χ2v) is 8.33. The summed E-state index contributed by atoms with van der Waals surface area (Å²) in [5.41, 5.74) is 3.45. The van der Waals surface area contributed by atoms with Crippen molar-refractivity contribution in [3.05, 3.63) is 77.6 Å². The third-order valence-corrected chi connectivity index (χ3v) is 4.68. The highest BCUT2D eigenvalue weighted by Crippen LogP contribution is 2.37. The third kappa shape index (κ3) is 4.83. The van der Waals surface area contributed by atoms with E-state index in [1.54, 1.807) is 12.1 Å². The van der Waals surface area contributed by atoms with Crippen LogP contribution in [-0.4, -0.2) is 11.1 Å². The number of anilines is 1. The van der Waals surface area contributed by atoms with Crippen LogP contribution in [0.2, 0.25) is 0 Å². The van der Waals surface area contributed by atoms with E-state index in [0.717, 1.165) is 34.8 Å². The van der Waals surface area contributed by atoms with Gasteiger partial charge in [-0.1, -0.05) is 51.1 Å². The first-order valence-corrected chi connectivity index (χ1v) is 9.48. The van der Waals surface area contributed by atoms with Crippen molar-refractivity contribution in [2.24, 2.45) is 5.41 Å². The highest BCUT2D eigenvalue weighted by atomic mass is 16.4. The molecule has 1 atom stereocenters. The predicted octanol–water partition coefficient (Wildman–Crippen LogP) is 6.54. The first-order chi connectivity index (χ1) is 13.2. The largest absolute Gasteiger partial charge is 0.478 e. The summed E-state index contributed by atoms with van der Waals surface area (Å²) in [6.45, 7) is 8.63. The Hall–Kier alpha value is -3.01. The Kier molecular flexibility index (Phi) is 5.59. The van der Waals surface area contributed by atoms with E-state index in [9.17, 15) is 4.79 Å². The van der Waals surface area contributed by atoms with Crippen molar-refractivity contribution in [2.45, 2.75) is 40.2 Å². The van der Waals surface area contributed by atoms with Crippen LogP contribution in [-0.2, 0) is 0 Å². The average Bonchev–Trinajstić information content (AvgIpc) is 3.03. The number of hydrogen-bond donors (Lipinski definition) is 2. The summed E-state index contributed by atoms with van der Waals surface area (Å²) >= 11 is 0. The van der Waals surface area contributed by atoms with Crippen LogP contribution in [0.1, 0.15) is 54.9 Å². The van der Waals surface area contributed by atoms with Crippen LogP contribution < -0.4 is 5.32 Å². The van der Waals surface area contributed by atoms with E-state index >= 15 is 0 Å². The molecule has 0 aliphatic rings. The molecule has 0 aliphatic carbocycles. The number of hydrogen-bond acceptors (Lipinski definition) is 3. The van der Waals surface area contributed by atoms with Gasteiger partial charge in [0.2, 0.25) is 0 Å². The summed E-state index contributed by atoms with van der Waals surface area (Å²) in [5.74, 6) is 0.828. The topological polar surface area (TPSA) is 62.5 Å². The maximum absolute atomic E-state index is 11.1. The SMILES string of the molecule is Cc1oc(-c2ccccc2)cc1C(CC(C)(C)C)Nc1ccc(C(=O)O)cc1. The Balaban J connectivity index is 1.92. The number of carbonyl (C=O) groups is 1. The van der Waals surface area contributed by atoms with Gasteiger partial charge in [0.1, 0.15) is 11.5 Å². The van der Waals surface area contributed by atoms with E-state index in [-0.39, 0.29) is 17.0 Å². The van der Waals surface area contributed by atoms with Gasteiger partial charge in [-0.2, -0.15) is 0 Å². The highest BCUT2D eigenvalue weighted by molar-refractivity contribution is 5.88. The Labute approximate surface area is 166 Å². The molecule has 28 heavy (non-hydrogen) atoms. The van der Waals surface area contributed by atoms with Crippen LogP contribution in [0.15, 0.2) is 65.1 Å². The number of carboxylic acid groups (broad SMARTS) is 1. The van der Waals surface area contributed by atoms with Gasteiger partial charge in [0, 0.05) is 16.8 Å². The summed E-state index contributed by atoms with van der Waals surface area (Å²) in [7, 11) is 0. The fourth-order valence-corrected chi connectivity index (χ4v) is 3.35. The van der Waals surface area contributed by atoms with Gasteiger partial charge in [0.05, 0.1) is 11.6 Å². The average molecular weight is 377 g/mol. The maximum atomic E-state index is 11.1. The second kappa shape index (κ2) is 7.93. The molecule has 3 rings (SSSR count). The van der Waals surface area contributed by atoms with Gasteiger partial charge in [0.15, 0.2) is 0 Å². The molecular weight excluding hydrogens is 350 g/mol. The Bertz CT molecular complexity index is 934. The summed E-state index contributed by atoms with van der Waals surface area (Å²) in [6.07, 6.45) is 0.905. The van der Waals surface area contributed by atoms with E-state index in [1.165, 1.54) is 0 Å². The molecule has 2 aromatic carbocycles. The maximum Gasteiger partial charge on any atom is 0.335 e. The van der Waals surface area contributed by atoms with E-state index in [0.29, 0.717) is 0 Å². The van der Waals surface area contributed by atoms with Gasteiger partial charge in [-0.25, -0.2) is 4.79 Å². The molecule has 4 nitrogen and oxygen atoms in total. The molecule has 0 radical (unpaired) electrons. The molecule has 1 unspecified atom stereocenters. The van der Waals surface area contributed by atoms with Crippen molar-refractivity contribution in [3.63, 3.8) is 0 Å². The number of benzene rings is 2. The zero-order chi connectivity index (χ0) is 20.3. The number of rotatable bonds is 6. The monoisotopic (exact) mass is 377 g/mol. The van der Waals surface area contributed by atoms with E-state index in [4.69, 9.17) is 9.52 Å². The summed E-state index contributed by atoms with van der Waals surface area (Å²) in [5, 5.41) is 12.7. The second-order valence-electron chi connectivity index (χ2n) is 8.33. The molecule has 3 aromatic rings. The first-order valence-electron chi connectivity index (χ1n) is 9.48. The minimum absolute atomic E-state index is 0.0527. The number of carboxylic acids is 1. The minimum Gasteiger partial charge on any atom is -0.478 e. The van der Waals surface area contributed by atoms with Crippen molar-refractivity contribution in [1.29, 1.82) is 0 Å². The molecule has 0 spiro atoms. The number of furan rings is 1. The van der Waals surface area contributed by atoms with Crippen molar-refractivity contribution >= 4 is 11.7 Å². The van der Waals surface area contributed by atoms with Crippen molar-refractivity contribution in [3.8, 4) is 11.3 Å². The zero-order valence-electron chi connectivity index (χ0n) is 16.8. The Morgan fingerprint density at radius 1 is 1.07 bits per heavy atom. The number of aryl methyl sites for hydroxylation is 1. The number of aromatic carboxylic acids is 1. The summed E-state index contributed by atoms with van der Waals surface area (Å²) in [4.78, 5) is 11.1. The molecule has 0 fully saturated rings. The molecule has 0 bridgehead atoms. The Morgan fingerprint density at radius 3 is 2.29 bits per heavy atom. The zero-order valence-corrected chi connectivity index (χ0v) is 16.8. The van der Waals surface area contributed by atoms with Crippen LogP contribution in [0.25, 0.3) is 11.3 Å².